The standard InChI is InChI=1S/C13H15N3O/c1-7-5-10(14)6-11(8(7)2)13-15-12(16-17-13)9-3-4-9/h5-6,9H,3-4,14H2,1-2H3. The number of anilines is 1. The Balaban J connectivity index is 2.07. The van der Waals surface area contributed by atoms with E-state index in [4.69, 9.17) is 10.3 Å². The fourth-order valence-electron chi connectivity index (χ4n) is 1.96. The van der Waals surface area contributed by atoms with Gasteiger partial charge < -0.3 is 10.3 Å². The number of hydrogen-bond donors (Lipinski definition) is 1. The lowest BCUT2D eigenvalue weighted by atomic mass is 10.0. The van der Waals surface area contributed by atoms with Crippen molar-refractivity contribution in [2.75, 3.05) is 5.73 Å². The Morgan fingerprint density at radius 2 is 2.06 bits per heavy atom. The number of hydrogen-bond acceptors (Lipinski definition) is 4. The van der Waals surface area contributed by atoms with Crippen LogP contribution in [-0.4, -0.2) is 10.1 Å². The highest BCUT2D eigenvalue weighted by Crippen LogP contribution is 2.39. The third kappa shape index (κ3) is 1.79. The molecule has 0 spiro atoms. The minimum absolute atomic E-state index is 0.509. The molecule has 1 aromatic carbocycles. The van der Waals surface area contributed by atoms with Gasteiger partial charge in [-0.25, -0.2) is 0 Å². The average molecular weight is 229 g/mol. The zero-order valence-electron chi connectivity index (χ0n) is 10.0. The number of rotatable bonds is 2. The van der Waals surface area contributed by atoms with Crippen molar-refractivity contribution in [3.63, 3.8) is 0 Å². The van der Waals surface area contributed by atoms with E-state index < -0.39 is 0 Å². The van der Waals surface area contributed by atoms with E-state index in [1.54, 1.807) is 0 Å². The van der Waals surface area contributed by atoms with E-state index in [9.17, 15) is 0 Å². The summed E-state index contributed by atoms with van der Waals surface area (Å²) in [6.07, 6.45) is 2.35. The molecule has 0 saturated heterocycles. The summed E-state index contributed by atoms with van der Waals surface area (Å²) in [6.45, 7) is 4.08. The maximum absolute atomic E-state index is 5.85. The molecule has 1 fully saturated rings. The summed E-state index contributed by atoms with van der Waals surface area (Å²) in [7, 11) is 0. The summed E-state index contributed by atoms with van der Waals surface area (Å²) in [6, 6.07) is 3.85. The molecule has 0 unspecified atom stereocenters. The summed E-state index contributed by atoms with van der Waals surface area (Å²) in [5.41, 5.74) is 9.82. The quantitative estimate of drug-likeness (QED) is 0.804. The van der Waals surface area contributed by atoms with Gasteiger partial charge >= 0.3 is 0 Å². The predicted molar refractivity (Wildman–Crippen MR) is 65.6 cm³/mol. The van der Waals surface area contributed by atoms with Crippen LogP contribution >= 0.6 is 0 Å². The van der Waals surface area contributed by atoms with Crippen molar-refractivity contribution >= 4 is 5.69 Å². The van der Waals surface area contributed by atoms with E-state index in [2.05, 4.69) is 10.1 Å². The molecule has 1 aliphatic rings. The predicted octanol–water partition coefficient (Wildman–Crippen LogP) is 2.81. The molecule has 4 nitrogen and oxygen atoms in total. The van der Waals surface area contributed by atoms with Crippen molar-refractivity contribution in [3.05, 3.63) is 29.1 Å². The van der Waals surface area contributed by atoms with E-state index in [-0.39, 0.29) is 0 Å². The molecule has 1 aliphatic carbocycles. The molecule has 4 heteroatoms. The lowest BCUT2D eigenvalue weighted by Gasteiger charge is -2.06. The van der Waals surface area contributed by atoms with Crippen LogP contribution in [0.5, 0.6) is 0 Å². The van der Waals surface area contributed by atoms with Crippen molar-refractivity contribution in [2.24, 2.45) is 0 Å². The Morgan fingerprint density at radius 1 is 1.29 bits per heavy atom. The Hall–Kier alpha value is -1.84. The van der Waals surface area contributed by atoms with Gasteiger partial charge in [-0.2, -0.15) is 4.98 Å². The molecule has 3 rings (SSSR count). The maximum atomic E-state index is 5.85. The first kappa shape index (κ1) is 10.3. The van der Waals surface area contributed by atoms with E-state index in [0.717, 1.165) is 28.2 Å². The SMILES string of the molecule is Cc1cc(N)cc(-c2nc(C3CC3)no2)c1C. The van der Waals surface area contributed by atoms with Gasteiger partial charge in [-0.1, -0.05) is 5.16 Å². The van der Waals surface area contributed by atoms with Crippen LogP contribution in [-0.2, 0) is 0 Å². The summed E-state index contributed by atoms with van der Waals surface area (Å²) < 4.78 is 5.33. The van der Waals surface area contributed by atoms with Crippen LogP contribution in [0.2, 0.25) is 0 Å². The molecule has 88 valence electrons. The Labute approximate surface area is 99.8 Å². The summed E-state index contributed by atoms with van der Waals surface area (Å²) in [5.74, 6) is 1.93. The highest BCUT2D eigenvalue weighted by Gasteiger charge is 2.29. The molecule has 0 radical (unpaired) electrons. The third-order valence-corrected chi connectivity index (χ3v) is 3.30. The van der Waals surface area contributed by atoms with Crippen LogP contribution < -0.4 is 5.73 Å². The second-order valence-electron chi connectivity index (χ2n) is 4.74. The third-order valence-electron chi connectivity index (χ3n) is 3.30. The van der Waals surface area contributed by atoms with E-state index in [1.807, 2.05) is 26.0 Å². The zero-order chi connectivity index (χ0) is 12.0. The molecule has 0 amide bonds. The number of aromatic nitrogens is 2. The number of aryl methyl sites for hydroxylation is 1. The summed E-state index contributed by atoms with van der Waals surface area (Å²) in [5, 5.41) is 4.03. The molecule has 1 heterocycles. The second-order valence-corrected chi connectivity index (χ2v) is 4.74. The largest absolute Gasteiger partial charge is 0.399 e. The highest BCUT2D eigenvalue weighted by atomic mass is 16.5. The first-order chi connectivity index (χ1) is 8.15. The Kier molecular flexibility index (Phi) is 2.18. The number of nitrogens with two attached hydrogens (primary N) is 1. The van der Waals surface area contributed by atoms with Crippen LogP contribution in [0, 0.1) is 13.8 Å². The van der Waals surface area contributed by atoms with E-state index in [1.165, 1.54) is 12.8 Å². The summed E-state index contributed by atoms with van der Waals surface area (Å²) >= 11 is 0. The molecule has 0 bridgehead atoms. The molecular formula is C13H15N3O. The van der Waals surface area contributed by atoms with Crippen LogP contribution in [0.4, 0.5) is 5.69 Å². The molecule has 0 aliphatic heterocycles. The van der Waals surface area contributed by atoms with Crippen molar-refractivity contribution < 1.29 is 4.52 Å². The van der Waals surface area contributed by atoms with Crippen LogP contribution in [0.3, 0.4) is 0 Å². The fourth-order valence-corrected chi connectivity index (χ4v) is 1.96. The van der Waals surface area contributed by atoms with Crippen molar-refractivity contribution in [1.82, 2.24) is 10.1 Å². The van der Waals surface area contributed by atoms with Gasteiger partial charge in [0.15, 0.2) is 5.82 Å². The lowest BCUT2D eigenvalue weighted by Crippen LogP contribution is -1.93. The molecule has 2 aromatic rings. The number of nitrogens with zero attached hydrogens (tertiary/aromatic N) is 2. The fraction of sp³-hybridized carbons (Fsp3) is 0.385. The lowest BCUT2D eigenvalue weighted by molar-refractivity contribution is 0.422. The van der Waals surface area contributed by atoms with Crippen molar-refractivity contribution in [3.8, 4) is 11.5 Å². The molecule has 1 aromatic heterocycles. The van der Waals surface area contributed by atoms with Crippen LogP contribution in [0.1, 0.15) is 35.7 Å². The van der Waals surface area contributed by atoms with Gasteiger partial charge in [0, 0.05) is 17.2 Å². The minimum Gasteiger partial charge on any atom is -0.399 e. The van der Waals surface area contributed by atoms with Crippen molar-refractivity contribution in [2.45, 2.75) is 32.6 Å². The molecule has 0 atom stereocenters. The van der Waals surface area contributed by atoms with E-state index >= 15 is 0 Å². The number of benzene rings is 1. The van der Waals surface area contributed by atoms with Gasteiger partial charge in [-0.3, -0.25) is 0 Å². The number of nitrogen functional groups attached to an aromatic ring is 1. The van der Waals surface area contributed by atoms with Crippen LogP contribution in [0.15, 0.2) is 16.7 Å². The summed E-state index contributed by atoms with van der Waals surface area (Å²) in [4.78, 5) is 4.45. The van der Waals surface area contributed by atoms with Gasteiger partial charge in [-0.05, 0) is 49.9 Å². The molecular weight excluding hydrogens is 214 g/mol. The Morgan fingerprint density at radius 3 is 2.76 bits per heavy atom. The van der Waals surface area contributed by atoms with Gasteiger partial charge in [0.2, 0.25) is 0 Å². The zero-order valence-corrected chi connectivity index (χ0v) is 10.0. The first-order valence-electron chi connectivity index (χ1n) is 5.86. The highest BCUT2D eigenvalue weighted by molar-refractivity contribution is 5.66. The molecule has 1 saturated carbocycles. The first-order valence-corrected chi connectivity index (χ1v) is 5.86. The molecule has 2 N–H and O–H groups in total. The maximum Gasteiger partial charge on any atom is 0.258 e. The van der Waals surface area contributed by atoms with Crippen molar-refractivity contribution in [1.29, 1.82) is 0 Å². The normalized spacial score (nSPS) is 15.2. The smallest absolute Gasteiger partial charge is 0.258 e. The topological polar surface area (TPSA) is 64.9 Å². The Bertz CT molecular complexity index is 570. The average Bonchev–Trinajstić information content (AvgIpc) is 3.02. The second kappa shape index (κ2) is 3.58. The van der Waals surface area contributed by atoms with Gasteiger partial charge in [0.05, 0.1) is 0 Å². The van der Waals surface area contributed by atoms with E-state index in [0.29, 0.717) is 11.8 Å². The monoisotopic (exact) mass is 229 g/mol. The van der Waals surface area contributed by atoms with Gasteiger partial charge in [0.25, 0.3) is 5.89 Å². The van der Waals surface area contributed by atoms with Gasteiger partial charge in [-0.15, -0.1) is 0 Å². The molecule has 17 heavy (non-hydrogen) atoms. The van der Waals surface area contributed by atoms with Crippen LogP contribution in [0.25, 0.3) is 11.5 Å². The minimum atomic E-state index is 0.509. The van der Waals surface area contributed by atoms with Gasteiger partial charge in [0.1, 0.15) is 0 Å².